The molecule has 3 unspecified atom stereocenters. The number of hydrogen-bond acceptors (Lipinski definition) is 3. The molecule has 1 N–H and O–H groups in total. The Morgan fingerprint density at radius 1 is 1.48 bits per heavy atom. The van der Waals surface area contributed by atoms with Crippen LogP contribution in [0.5, 0.6) is 0 Å². The van der Waals surface area contributed by atoms with E-state index in [1.54, 1.807) is 0 Å². The quantitative estimate of drug-likeness (QED) is 0.926. The molecule has 1 aliphatic heterocycles. The number of carbonyl (C=O) groups is 1. The molecule has 1 aromatic heterocycles. The number of amides is 1. The number of aryl methyl sites for hydroxylation is 1. The average Bonchev–Trinajstić information content (AvgIpc) is 2.84. The molecule has 4 nitrogen and oxygen atoms in total. The lowest BCUT2D eigenvalue weighted by molar-refractivity contribution is -0.139. The molecule has 1 saturated heterocycles. The molecule has 0 aromatic carbocycles. The van der Waals surface area contributed by atoms with Crippen LogP contribution >= 0.6 is 0 Å². The molecule has 3 atom stereocenters. The summed E-state index contributed by atoms with van der Waals surface area (Å²) in [7, 11) is 0. The Balaban J connectivity index is 2.13. The van der Waals surface area contributed by atoms with Crippen molar-refractivity contribution < 1.29 is 14.3 Å². The van der Waals surface area contributed by atoms with Gasteiger partial charge in [0, 0.05) is 6.54 Å². The van der Waals surface area contributed by atoms with E-state index >= 15 is 0 Å². The highest BCUT2D eigenvalue weighted by Crippen LogP contribution is 2.35. The number of aliphatic hydroxyl groups excluding tert-OH is 1. The predicted molar refractivity (Wildman–Crippen MR) is 81.8 cm³/mol. The Hall–Kier alpha value is -1.29. The van der Waals surface area contributed by atoms with Crippen molar-refractivity contribution in [2.24, 2.45) is 11.8 Å². The summed E-state index contributed by atoms with van der Waals surface area (Å²) < 4.78 is 5.75. The van der Waals surface area contributed by atoms with Crippen LogP contribution in [-0.4, -0.2) is 28.6 Å². The Kier molecular flexibility index (Phi) is 5.09. The molecule has 2 rings (SSSR count). The van der Waals surface area contributed by atoms with E-state index in [1.807, 2.05) is 37.8 Å². The van der Waals surface area contributed by atoms with Crippen molar-refractivity contribution in [3.05, 3.63) is 23.7 Å². The van der Waals surface area contributed by atoms with E-state index in [0.717, 1.165) is 30.9 Å². The number of furan rings is 1. The molecule has 1 aliphatic rings. The fourth-order valence-corrected chi connectivity index (χ4v) is 2.87. The first kappa shape index (κ1) is 16.1. The van der Waals surface area contributed by atoms with Crippen LogP contribution in [0.2, 0.25) is 0 Å². The second-order valence-electron chi connectivity index (χ2n) is 6.70. The van der Waals surface area contributed by atoms with E-state index in [4.69, 9.17) is 4.42 Å². The first-order valence-electron chi connectivity index (χ1n) is 7.92. The minimum Gasteiger partial charge on any atom is -0.464 e. The molecule has 21 heavy (non-hydrogen) atoms. The fraction of sp³-hybridized carbons (Fsp3) is 0.706. The average molecular weight is 293 g/mol. The SMILES string of the molecule is Cc1ccc(C2CC(C)CCN2C(=O)CC(O)C(C)C)o1. The highest BCUT2D eigenvalue weighted by Gasteiger charge is 2.33. The van der Waals surface area contributed by atoms with Gasteiger partial charge in [0.1, 0.15) is 11.5 Å². The number of likely N-dealkylation sites (tertiary alicyclic amines) is 1. The number of nitrogens with zero attached hydrogens (tertiary/aromatic N) is 1. The van der Waals surface area contributed by atoms with Crippen LogP contribution in [0.15, 0.2) is 16.5 Å². The molecule has 2 heterocycles. The third-order valence-corrected chi connectivity index (χ3v) is 4.43. The molecular formula is C17H27NO3. The molecule has 0 aliphatic carbocycles. The minimum absolute atomic E-state index is 0.00862. The maximum Gasteiger partial charge on any atom is 0.225 e. The summed E-state index contributed by atoms with van der Waals surface area (Å²) in [4.78, 5) is 14.4. The molecule has 0 radical (unpaired) electrons. The van der Waals surface area contributed by atoms with E-state index in [0.29, 0.717) is 5.92 Å². The van der Waals surface area contributed by atoms with Crippen LogP contribution in [0, 0.1) is 18.8 Å². The smallest absolute Gasteiger partial charge is 0.225 e. The molecule has 1 aromatic rings. The summed E-state index contributed by atoms with van der Waals surface area (Å²) in [5, 5.41) is 9.97. The van der Waals surface area contributed by atoms with Gasteiger partial charge in [-0.25, -0.2) is 0 Å². The Bertz CT molecular complexity index is 480. The summed E-state index contributed by atoms with van der Waals surface area (Å²) >= 11 is 0. The van der Waals surface area contributed by atoms with Gasteiger partial charge >= 0.3 is 0 Å². The van der Waals surface area contributed by atoms with Crippen LogP contribution in [0.1, 0.15) is 57.6 Å². The van der Waals surface area contributed by atoms with Gasteiger partial charge in [0.15, 0.2) is 0 Å². The van der Waals surface area contributed by atoms with Crippen LogP contribution < -0.4 is 0 Å². The van der Waals surface area contributed by atoms with Crippen molar-refractivity contribution >= 4 is 5.91 Å². The molecule has 1 amide bonds. The van der Waals surface area contributed by atoms with Crippen molar-refractivity contribution in [2.75, 3.05) is 6.54 Å². The Morgan fingerprint density at radius 3 is 2.76 bits per heavy atom. The van der Waals surface area contributed by atoms with E-state index in [2.05, 4.69) is 6.92 Å². The third-order valence-electron chi connectivity index (χ3n) is 4.43. The van der Waals surface area contributed by atoms with Gasteiger partial charge in [-0.15, -0.1) is 0 Å². The first-order chi connectivity index (χ1) is 9.88. The van der Waals surface area contributed by atoms with Crippen molar-refractivity contribution in [3.8, 4) is 0 Å². The molecule has 0 saturated carbocycles. The van der Waals surface area contributed by atoms with Gasteiger partial charge in [-0.05, 0) is 43.7 Å². The molecule has 118 valence electrons. The zero-order chi connectivity index (χ0) is 15.6. The lowest BCUT2D eigenvalue weighted by Crippen LogP contribution is -2.42. The van der Waals surface area contributed by atoms with Gasteiger partial charge in [0.25, 0.3) is 0 Å². The highest BCUT2D eigenvalue weighted by molar-refractivity contribution is 5.77. The number of rotatable bonds is 4. The van der Waals surface area contributed by atoms with Crippen LogP contribution in [0.4, 0.5) is 0 Å². The Labute approximate surface area is 127 Å². The highest BCUT2D eigenvalue weighted by atomic mass is 16.3. The summed E-state index contributed by atoms with van der Waals surface area (Å²) in [6.07, 6.45) is 1.56. The molecular weight excluding hydrogens is 266 g/mol. The number of hydrogen-bond donors (Lipinski definition) is 1. The topological polar surface area (TPSA) is 53.7 Å². The third kappa shape index (κ3) is 3.88. The molecule has 0 spiro atoms. The van der Waals surface area contributed by atoms with Crippen LogP contribution in [0.25, 0.3) is 0 Å². The van der Waals surface area contributed by atoms with Crippen LogP contribution in [-0.2, 0) is 4.79 Å². The predicted octanol–water partition coefficient (Wildman–Crippen LogP) is 3.29. The molecule has 1 fully saturated rings. The van der Waals surface area contributed by atoms with Crippen molar-refractivity contribution in [2.45, 2.75) is 59.1 Å². The van der Waals surface area contributed by atoms with Crippen molar-refractivity contribution in [1.29, 1.82) is 0 Å². The van der Waals surface area contributed by atoms with E-state index in [-0.39, 0.29) is 24.3 Å². The summed E-state index contributed by atoms with van der Waals surface area (Å²) in [6, 6.07) is 3.92. The Morgan fingerprint density at radius 2 is 2.19 bits per heavy atom. The molecule has 0 bridgehead atoms. The van der Waals surface area contributed by atoms with Gasteiger partial charge < -0.3 is 14.4 Å². The van der Waals surface area contributed by atoms with Gasteiger partial charge in [0.05, 0.1) is 18.6 Å². The second-order valence-corrected chi connectivity index (χ2v) is 6.70. The monoisotopic (exact) mass is 293 g/mol. The largest absolute Gasteiger partial charge is 0.464 e. The number of aliphatic hydroxyl groups is 1. The number of piperidine rings is 1. The fourth-order valence-electron chi connectivity index (χ4n) is 2.87. The standard InChI is InChI=1S/C17H27NO3/c1-11(2)15(19)10-17(20)18-8-7-12(3)9-14(18)16-6-5-13(4)21-16/h5-6,11-12,14-15,19H,7-10H2,1-4H3. The first-order valence-corrected chi connectivity index (χ1v) is 7.92. The summed E-state index contributed by atoms with van der Waals surface area (Å²) in [5.74, 6) is 2.45. The zero-order valence-electron chi connectivity index (χ0n) is 13.5. The summed E-state index contributed by atoms with van der Waals surface area (Å²) in [6.45, 7) is 8.75. The zero-order valence-corrected chi connectivity index (χ0v) is 13.5. The van der Waals surface area contributed by atoms with Gasteiger partial charge in [-0.1, -0.05) is 20.8 Å². The number of carbonyl (C=O) groups excluding carboxylic acids is 1. The normalized spacial score (nSPS) is 24.4. The maximum absolute atomic E-state index is 12.5. The molecule has 4 heteroatoms. The van der Waals surface area contributed by atoms with Crippen molar-refractivity contribution in [1.82, 2.24) is 4.90 Å². The van der Waals surface area contributed by atoms with Crippen LogP contribution in [0.3, 0.4) is 0 Å². The lowest BCUT2D eigenvalue weighted by atomic mass is 9.90. The van der Waals surface area contributed by atoms with Crippen molar-refractivity contribution in [3.63, 3.8) is 0 Å². The van der Waals surface area contributed by atoms with Gasteiger partial charge in [0.2, 0.25) is 5.91 Å². The van der Waals surface area contributed by atoms with E-state index in [1.165, 1.54) is 0 Å². The minimum atomic E-state index is -0.573. The lowest BCUT2D eigenvalue weighted by Gasteiger charge is -2.38. The summed E-state index contributed by atoms with van der Waals surface area (Å²) in [5.41, 5.74) is 0. The van der Waals surface area contributed by atoms with E-state index < -0.39 is 6.10 Å². The maximum atomic E-state index is 12.5. The second kappa shape index (κ2) is 6.65. The van der Waals surface area contributed by atoms with E-state index in [9.17, 15) is 9.90 Å². The van der Waals surface area contributed by atoms with Gasteiger partial charge in [-0.3, -0.25) is 4.79 Å². The van der Waals surface area contributed by atoms with Gasteiger partial charge in [-0.2, -0.15) is 0 Å².